The number of halogens is 1. The second-order valence-electron chi connectivity index (χ2n) is 13.6. The van der Waals surface area contributed by atoms with Crippen LogP contribution < -0.4 is 34.0 Å². The molecule has 19 atom stereocenters. The van der Waals surface area contributed by atoms with Crippen molar-refractivity contribution in [2.45, 2.75) is 129 Å². The van der Waals surface area contributed by atoms with Gasteiger partial charge < -0.3 is 98.2 Å². The number of nitrogens with two attached hydrogens (primary N) is 5. The van der Waals surface area contributed by atoms with Crippen LogP contribution in [0.2, 0.25) is 0 Å². The van der Waals surface area contributed by atoms with Gasteiger partial charge in [0.05, 0.1) is 24.8 Å². The molecule has 3 aliphatic heterocycles. The fraction of sp³-hybridized carbons (Fsp3) is 0.806. The lowest BCUT2D eigenvalue weighted by molar-refractivity contribution is -0.307. The Hall–Kier alpha value is -1.61. The monoisotopic (exact) mass is 736 g/mol. The number of hydrogen-bond donors (Lipinski definition) is 13. The highest BCUT2D eigenvalue weighted by Gasteiger charge is 2.54. The van der Waals surface area contributed by atoms with Gasteiger partial charge >= 0.3 is 0 Å². The van der Waals surface area contributed by atoms with E-state index in [1.165, 1.54) is 12.1 Å². The molecule has 0 amide bonds. The summed E-state index contributed by atoms with van der Waals surface area (Å²) in [5.74, 6) is -0.346. The Morgan fingerprint density at radius 2 is 1.22 bits per heavy atom. The lowest BCUT2D eigenvalue weighted by Crippen LogP contribution is -2.68. The third kappa shape index (κ3) is 9.03. The zero-order valence-electron chi connectivity index (χ0n) is 27.9. The molecule has 1 aromatic carbocycles. The molecule has 1 unspecified atom stereocenters. The van der Waals surface area contributed by atoms with E-state index in [1.807, 2.05) is 0 Å². The van der Waals surface area contributed by atoms with Crippen molar-refractivity contribution in [2.24, 2.45) is 28.7 Å². The number of benzene rings is 1. The van der Waals surface area contributed by atoms with E-state index in [9.17, 15) is 40.1 Å². The first-order chi connectivity index (χ1) is 24.2. The first-order valence-electron chi connectivity index (χ1n) is 17.0. The minimum Gasteiger partial charge on any atom is -0.394 e. The fourth-order valence-electron chi connectivity index (χ4n) is 6.84. The largest absolute Gasteiger partial charge is 0.394 e. The number of aliphatic hydroxyl groups excluding tert-OH is 7. The highest BCUT2D eigenvalue weighted by Crippen LogP contribution is 2.34. The van der Waals surface area contributed by atoms with Gasteiger partial charge in [-0.1, -0.05) is 12.1 Å². The normalized spacial score (nSPS) is 46.3. The average Bonchev–Trinajstić information content (AvgIpc) is 3.41. The van der Waals surface area contributed by atoms with E-state index in [4.69, 9.17) is 57.1 Å². The number of nitrogens with one attached hydrogen (secondary N) is 1. The Balaban J connectivity index is 1.24. The van der Waals surface area contributed by atoms with Crippen molar-refractivity contribution in [3.8, 4) is 0 Å². The predicted molar refractivity (Wildman–Crippen MR) is 172 cm³/mol. The maximum absolute atomic E-state index is 13.2. The summed E-state index contributed by atoms with van der Waals surface area (Å²) in [6, 6.07) is 1.73. The van der Waals surface area contributed by atoms with Crippen molar-refractivity contribution in [3.05, 3.63) is 35.6 Å². The molecule has 1 aromatic rings. The van der Waals surface area contributed by atoms with Gasteiger partial charge in [-0.15, -0.1) is 0 Å². The molecule has 0 radical (unpaired) electrons. The molecule has 19 nitrogen and oxygen atoms in total. The molecule has 51 heavy (non-hydrogen) atoms. The van der Waals surface area contributed by atoms with Crippen molar-refractivity contribution < 1.29 is 68.6 Å². The van der Waals surface area contributed by atoms with Crippen LogP contribution in [-0.2, 0) is 34.8 Å². The standard InChI is InChI=1S/C31H53FN6O13/c32-12-3-1-11(2-4-12)5-6-38-9-16-22(42)24(44)19(37)30(47-16)49-26-14(35)7-13(34)20(40)28(26)51-31-25(45)27(17(10-39)48-31)50-29-18(36)23(43)21(41)15(8-33)46-29/h1-4,13-31,38-45H,5-10,33-37H2/t13-,14+,15?,16-,17-,18-,19-,20+,21-,22-,23-,24-,25-,26-,27-,28-,29-,30-,31+/m1/s1. The second kappa shape index (κ2) is 17.7. The van der Waals surface area contributed by atoms with Crippen LogP contribution in [0.5, 0.6) is 0 Å². The van der Waals surface area contributed by atoms with Gasteiger partial charge in [0.2, 0.25) is 0 Å². The summed E-state index contributed by atoms with van der Waals surface area (Å²) in [6.07, 6.45) is -19.6. The smallest absolute Gasteiger partial charge is 0.187 e. The molecule has 0 bridgehead atoms. The van der Waals surface area contributed by atoms with E-state index in [1.54, 1.807) is 12.1 Å². The summed E-state index contributed by atoms with van der Waals surface area (Å²) in [6.45, 7) is -0.314. The first-order valence-corrected chi connectivity index (χ1v) is 17.0. The summed E-state index contributed by atoms with van der Waals surface area (Å²) >= 11 is 0. The maximum atomic E-state index is 13.2. The van der Waals surface area contributed by atoms with E-state index >= 15 is 0 Å². The van der Waals surface area contributed by atoms with Crippen LogP contribution in [0.15, 0.2) is 24.3 Å². The molecule has 20 heteroatoms. The number of aliphatic hydroxyl groups is 7. The van der Waals surface area contributed by atoms with E-state index < -0.39 is 123 Å². The van der Waals surface area contributed by atoms with Crippen molar-refractivity contribution >= 4 is 0 Å². The fourth-order valence-corrected chi connectivity index (χ4v) is 6.84. The lowest BCUT2D eigenvalue weighted by Gasteiger charge is -2.47. The minimum absolute atomic E-state index is 0.0691. The molecular weight excluding hydrogens is 683 g/mol. The Morgan fingerprint density at radius 1 is 0.667 bits per heavy atom. The van der Waals surface area contributed by atoms with Gasteiger partial charge in [0.15, 0.2) is 18.9 Å². The van der Waals surface area contributed by atoms with Gasteiger partial charge in [-0.3, -0.25) is 0 Å². The molecule has 18 N–H and O–H groups in total. The third-order valence-electron chi connectivity index (χ3n) is 9.99. The highest BCUT2D eigenvalue weighted by molar-refractivity contribution is 5.16. The van der Waals surface area contributed by atoms with Gasteiger partial charge in [-0.2, -0.15) is 0 Å². The van der Waals surface area contributed by atoms with Crippen molar-refractivity contribution in [1.82, 2.24) is 5.32 Å². The van der Waals surface area contributed by atoms with Gasteiger partial charge in [0.25, 0.3) is 0 Å². The summed E-state index contributed by atoms with van der Waals surface area (Å²) in [5, 5.41) is 77.7. The molecule has 4 fully saturated rings. The highest BCUT2D eigenvalue weighted by atomic mass is 19.1. The average molecular weight is 737 g/mol. The molecule has 0 aromatic heterocycles. The zero-order valence-corrected chi connectivity index (χ0v) is 27.9. The van der Waals surface area contributed by atoms with Gasteiger partial charge in [-0.05, 0) is 37.1 Å². The molecule has 4 aliphatic rings. The van der Waals surface area contributed by atoms with Crippen molar-refractivity contribution in [3.63, 3.8) is 0 Å². The molecule has 1 aliphatic carbocycles. The van der Waals surface area contributed by atoms with Gasteiger partial charge in [-0.25, -0.2) is 4.39 Å². The molecule has 3 saturated heterocycles. The molecule has 3 heterocycles. The predicted octanol–water partition coefficient (Wildman–Crippen LogP) is -6.88. The Morgan fingerprint density at radius 3 is 1.82 bits per heavy atom. The molecule has 1 saturated carbocycles. The minimum atomic E-state index is -1.63. The third-order valence-corrected chi connectivity index (χ3v) is 9.99. The molecule has 5 rings (SSSR count). The molecule has 292 valence electrons. The van der Waals surface area contributed by atoms with Gasteiger partial charge in [0.1, 0.15) is 73.0 Å². The van der Waals surface area contributed by atoms with Crippen LogP contribution in [0.3, 0.4) is 0 Å². The zero-order chi connectivity index (χ0) is 37.1. The summed E-state index contributed by atoms with van der Waals surface area (Å²) < 4.78 is 48.6. The quantitative estimate of drug-likeness (QED) is 0.0837. The Labute approximate surface area is 293 Å². The van der Waals surface area contributed by atoms with E-state index in [2.05, 4.69) is 5.32 Å². The lowest BCUT2D eigenvalue weighted by atomic mass is 9.84. The van der Waals surface area contributed by atoms with Crippen LogP contribution in [0.25, 0.3) is 0 Å². The summed E-state index contributed by atoms with van der Waals surface area (Å²) in [7, 11) is 0. The second-order valence-corrected chi connectivity index (χ2v) is 13.6. The number of rotatable bonds is 13. The van der Waals surface area contributed by atoms with Crippen molar-refractivity contribution in [1.29, 1.82) is 0 Å². The van der Waals surface area contributed by atoms with E-state index in [-0.39, 0.29) is 25.3 Å². The van der Waals surface area contributed by atoms with E-state index in [0.717, 1.165) is 5.56 Å². The topological polar surface area (TPSA) is 339 Å². The summed E-state index contributed by atoms with van der Waals surface area (Å²) in [4.78, 5) is 0. The Bertz CT molecular complexity index is 1230. The number of hydrogen-bond acceptors (Lipinski definition) is 19. The van der Waals surface area contributed by atoms with Crippen LogP contribution in [0.1, 0.15) is 12.0 Å². The molecular formula is C31H53FN6O13. The van der Waals surface area contributed by atoms with Crippen molar-refractivity contribution in [2.75, 3.05) is 26.2 Å². The van der Waals surface area contributed by atoms with Gasteiger partial charge in [0, 0.05) is 25.2 Å². The SMILES string of the molecule is NCC1O[C@H](O[C@H]2[C@@H](O)[C@H](O[C@@H]3[C@@H](O)[C@H](N)C[C@H](N)[C@H]3O[C@H]3O[C@H](CNCCc4ccc(F)cc4)[C@@H](O)[C@H](O)[C@H]3N)O[C@@H]2CO)[C@H](N)[C@@H](O)[C@@H]1O. The first kappa shape index (κ1) is 40.6. The van der Waals surface area contributed by atoms with Crippen LogP contribution in [0, 0.1) is 5.82 Å². The molecule has 0 spiro atoms. The number of ether oxygens (including phenoxy) is 6. The Kier molecular flexibility index (Phi) is 14.1. The maximum Gasteiger partial charge on any atom is 0.187 e. The summed E-state index contributed by atoms with van der Waals surface area (Å²) in [5.41, 5.74) is 31.3. The van der Waals surface area contributed by atoms with E-state index in [0.29, 0.717) is 13.0 Å². The van der Waals surface area contributed by atoms with Crippen LogP contribution >= 0.6 is 0 Å². The van der Waals surface area contributed by atoms with Crippen LogP contribution in [-0.4, -0.2) is 178 Å². The van der Waals surface area contributed by atoms with Crippen LogP contribution in [0.4, 0.5) is 4.39 Å².